The van der Waals surface area contributed by atoms with Crippen molar-refractivity contribution in [1.29, 1.82) is 0 Å². The Balaban J connectivity index is 2.22. The monoisotopic (exact) mass is 204 g/mol. The van der Waals surface area contributed by atoms with Crippen LogP contribution in [0.1, 0.15) is 59.8 Å². The number of allylic oxidation sites excluding steroid dienone is 2. The van der Waals surface area contributed by atoms with Crippen molar-refractivity contribution in [3.8, 4) is 0 Å². The normalized spacial score (nSPS) is 57.9. The third-order valence-electron chi connectivity index (χ3n) is 6.60. The van der Waals surface area contributed by atoms with Crippen molar-refractivity contribution in [2.45, 2.75) is 59.8 Å². The van der Waals surface area contributed by atoms with Gasteiger partial charge in [-0.15, -0.1) is 0 Å². The first-order valence-electron chi connectivity index (χ1n) is 6.66. The van der Waals surface area contributed by atoms with E-state index in [1.807, 2.05) is 0 Å². The van der Waals surface area contributed by atoms with Crippen molar-refractivity contribution in [2.24, 2.45) is 22.2 Å². The lowest BCUT2D eigenvalue weighted by Crippen LogP contribution is -2.42. The van der Waals surface area contributed by atoms with Crippen LogP contribution in [-0.4, -0.2) is 0 Å². The fraction of sp³-hybridized carbons (Fsp3) is 0.867. The average Bonchev–Trinajstić information content (AvgIpc) is 2.67. The molecule has 0 heteroatoms. The summed E-state index contributed by atoms with van der Waals surface area (Å²) in [6, 6.07) is 0. The minimum absolute atomic E-state index is 0.530. The van der Waals surface area contributed by atoms with Crippen LogP contribution in [0.25, 0.3) is 0 Å². The van der Waals surface area contributed by atoms with Gasteiger partial charge in [0.05, 0.1) is 0 Å². The minimum atomic E-state index is 0.530. The maximum Gasteiger partial charge on any atom is -0.00517 e. The Labute approximate surface area is 94.1 Å². The molecule has 0 aromatic heterocycles. The summed E-state index contributed by atoms with van der Waals surface area (Å²) in [6.45, 7) is 10.0. The van der Waals surface area contributed by atoms with Crippen molar-refractivity contribution < 1.29 is 0 Å². The van der Waals surface area contributed by atoms with Gasteiger partial charge in [0.15, 0.2) is 0 Å². The topological polar surface area (TPSA) is 0 Å². The molecule has 2 fully saturated rings. The highest BCUT2D eigenvalue weighted by atomic mass is 14.7. The van der Waals surface area contributed by atoms with E-state index in [0.29, 0.717) is 16.2 Å². The van der Waals surface area contributed by atoms with E-state index in [4.69, 9.17) is 0 Å². The van der Waals surface area contributed by atoms with Crippen LogP contribution in [-0.2, 0) is 0 Å². The van der Waals surface area contributed by atoms with Gasteiger partial charge in [0.25, 0.3) is 0 Å². The SMILES string of the molecule is CC1=C[C@]2(C)CCC[C@]23[C@H](C)CC[C@@]13C. The molecule has 15 heavy (non-hydrogen) atoms. The van der Waals surface area contributed by atoms with Gasteiger partial charge in [-0.3, -0.25) is 0 Å². The summed E-state index contributed by atoms with van der Waals surface area (Å²) in [5.74, 6) is 0.934. The Morgan fingerprint density at radius 1 is 1.20 bits per heavy atom. The van der Waals surface area contributed by atoms with E-state index in [1.165, 1.54) is 32.1 Å². The van der Waals surface area contributed by atoms with E-state index >= 15 is 0 Å². The van der Waals surface area contributed by atoms with Gasteiger partial charge in [0.1, 0.15) is 0 Å². The van der Waals surface area contributed by atoms with Crippen LogP contribution in [0.2, 0.25) is 0 Å². The summed E-state index contributed by atoms with van der Waals surface area (Å²) in [6.07, 6.45) is 9.92. The molecule has 3 aliphatic rings. The van der Waals surface area contributed by atoms with Crippen LogP contribution in [0.5, 0.6) is 0 Å². The molecule has 1 spiro atoms. The van der Waals surface area contributed by atoms with Crippen molar-refractivity contribution in [3.05, 3.63) is 11.6 Å². The number of hydrogen-bond donors (Lipinski definition) is 0. The minimum Gasteiger partial charge on any atom is -0.0785 e. The molecular weight excluding hydrogens is 180 g/mol. The zero-order chi connectivity index (χ0) is 10.9. The van der Waals surface area contributed by atoms with E-state index in [0.717, 1.165) is 5.92 Å². The van der Waals surface area contributed by atoms with Crippen LogP contribution < -0.4 is 0 Å². The first-order valence-corrected chi connectivity index (χ1v) is 6.66. The van der Waals surface area contributed by atoms with Crippen molar-refractivity contribution in [1.82, 2.24) is 0 Å². The quantitative estimate of drug-likeness (QED) is 0.507. The summed E-state index contributed by atoms with van der Waals surface area (Å²) >= 11 is 0. The third kappa shape index (κ3) is 0.797. The molecule has 4 atom stereocenters. The van der Waals surface area contributed by atoms with Crippen molar-refractivity contribution >= 4 is 0 Å². The smallest absolute Gasteiger partial charge is 0.00517 e. The molecule has 0 amide bonds. The van der Waals surface area contributed by atoms with Crippen LogP contribution in [0.4, 0.5) is 0 Å². The first-order chi connectivity index (χ1) is 6.96. The highest BCUT2D eigenvalue weighted by molar-refractivity contribution is 5.36. The molecule has 0 nitrogen and oxygen atoms in total. The Kier molecular flexibility index (Phi) is 1.67. The van der Waals surface area contributed by atoms with Gasteiger partial charge in [0, 0.05) is 0 Å². The van der Waals surface area contributed by atoms with Crippen molar-refractivity contribution in [3.63, 3.8) is 0 Å². The lowest BCUT2D eigenvalue weighted by Gasteiger charge is -2.48. The van der Waals surface area contributed by atoms with Gasteiger partial charge in [-0.2, -0.15) is 0 Å². The zero-order valence-electron chi connectivity index (χ0n) is 10.7. The van der Waals surface area contributed by atoms with Crippen LogP contribution in [0.3, 0.4) is 0 Å². The maximum atomic E-state index is 2.65. The third-order valence-corrected chi connectivity index (χ3v) is 6.60. The van der Waals surface area contributed by atoms with Crippen LogP contribution in [0.15, 0.2) is 11.6 Å². The van der Waals surface area contributed by atoms with Gasteiger partial charge >= 0.3 is 0 Å². The van der Waals surface area contributed by atoms with E-state index in [1.54, 1.807) is 5.57 Å². The summed E-state index contributed by atoms with van der Waals surface area (Å²) in [4.78, 5) is 0. The molecule has 0 unspecified atom stereocenters. The fourth-order valence-electron chi connectivity index (χ4n) is 5.86. The second-order valence-electron chi connectivity index (χ2n) is 6.84. The lowest BCUT2D eigenvalue weighted by molar-refractivity contribution is 0.0228. The van der Waals surface area contributed by atoms with E-state index in [9.17, 15) is 0 Å². The largest absolute Gasteiger partial charge is 0.0785 e. The molecule has 3 aliphatic carbocycles. The molecule has 3 rings (SSSR count). The van der Waals surface area contributed by atoms with Gasteiger partial charge < -0.3 is 0 Å². The average molecular weight is 204 g/mol. The second-order valence-corrected chi connectivity index (χ2v) is 6.84. The fourth-order valence-corrected chi connectivity index (χ4v) is 5.86. The lowest BCUT2D eigenvalue weighted by atomic mass is 9.55. The first kappa shape index (κ1) is 9.93. The van der Waals surface area contributed by atoms with Crippen molar-refractivity contribution in [2.75, 3.05) is 0 Å². The van der Waals surface area contributed by atoms with Gasteiger partial charge in [-0.1, -0.05) is 38.8 Å². The molecule has 2 saturated carbocycles. The predicted octanol–water partition coefficient (Wildman–Crippen LogP) is 4.56. The van der Waals surface area contributed by atoms with Gasteiger partial charge in [-0.25, -0.2) is 0 Å². The number of hydrogen-bond acceptors (Lipinski definition) is 0. The Bertz CT molecular complexity index is 340. The molecule has 0 aliphatic heterocycles. The molecule has 84 valence electrons. The summed E-state index contributed by atoms with van der Waals surface area (Å²) in [7, 11) is 0. The molecule has 0 aromatic carbocycles. The van der Waals surface area contributed by atoms with E-state index in [2.05, 4.69) is 33.8 Å². The van der Waals surface area contributed by atoms with E-state index in [-0.39, 0.29) is 0 Å². The van der Waals surface area contributed by atoms with Gasteiger partial charge in [-0.05, 0) is 54.8 Å². The molecule has 0 aromatic rings. The standard InChI is InChI=1S/C15H24/c1-11-6-9-14(4)12(2)10-13(3)7-5-8-15(11,13)14/h10-11H,5-9H2,1-4H3/t11-,13+,14+,15+/m1/s1. The predicted molar refractivity (Wildman–Crippen MR) is 64.7 cm³/mol. The molecule has 0 saturated heterocycles. The number of rotatable bonds is 0. The molecule has 0 heterocycles. The molecule has 0 bridgehead atoms. The second kappa shape index (κ2) is 2.52. The summed E-state index contributed by atoms with van der Waals surface area (Å²) in [5.41, 5.74) is 3.40. The molecule has 0 radical (unpaired) electrons. The Hall–Kier alpha value is -0.260. The Morgan fingerprint density at radius 3 is 2.67 bits per heavy atom. The zero-order valence-corrected chi connectivity index (χ0v) is 10.7. The molecular formula is C15H24. The summed E-state index contributed by atoms with van der Waals surface area (Å²) < 4.78 is 0. The van der Waals surface area contributed by atoms with Gasteiger partial charge in [0.2, 0.25) is 0 Å². The maximum absolute atomic E-state index is 2.65. The van der Waals surface area contributed by atoms with E-state index < -0.39 is 0 Å². The highest BCUT2D eigenvalue weighted by Crippen LogP contribution is 2.77. The molecule has 0 N–H and O–H groups in total. The highest BCUT2D eigenvalue weighted by Gasteiger charge is 2.68. The van der Waals surface area contributed by atoms with Crippen LogP contribution >= 0.6 is 0 Å². The summed E-state index contributed by atoms with van der Waals surface area (Å²) in [5, 5.41) is 0. The van der Waals surface area contributed by atoms with Crippen LogP contribution in [0, 0.1) is 22.2 Å². The Morgan fingerprint density at radius 2 is 1.93 bits per heavy atom.